The van der Waals surface area contributed by atoms with E-state index in [9.17, 15) is 9.59 Å². The lowest BCUT2D eigenvalue weighted by atomic mass is 10.2. The van der Waals surface area contributed by atoms with Crippen molar-refractivity contribution in [1.82, 2.24) is 15.1 Å². The lowest BCUT2D eigenvalue weighted by Gasteiger charge is -2.36. The monoisotopic (exact) mass is 445 g/mol. The van der Waals surface area contributed by atoms with Gasteiger partial charge in [-0.05, 0) is 43.7 Å². The fraction of sp³-hybridized carbons (Fsp3) is 0.409. The van der Waals surface area contributed by atoms with Crippen molar-refractivity contribution in [3.05, 3.63) is 52.9 Å². The van der Waals surface area contributed by atoms with Gasteiger partial charge in [-0.3, -0.25) is 14.6 Å². The maximum atomic E-state index is 12.4. The van der Waals surface area contributed by atoms with Gasteiger partial charge in [0.15, 0.2) is 11.7 Å². The number of aryl methyl sites for hydroxylation is 1. The Labute approximate surface area is 187 Å². The van der Waals surface area contributed by atoms with Crippen molar-refractivity contribution in [3.8, 4) is 0 Å². The van der Waals surface area contributed by atoms with Gasteiger partial charge in [0.2, 0.25) is 5.91 Å². The van der Waals surface area contributed by atoms with E-state index in [1.807, 2.05) is 26.0 Å². The topological polar surface area (TPSA) is 90.2 Å². The molecule has 3 rings (SSSR count). The van der Waals surface area contributed by atoms with E-state index in [4.69, 9.17) is 16.0 Å². The molecule has 1 aromatic heterocycles. The van der Waals surface area contributed by atoms with Crippen LogP contribution in [0.2, 0.25) is 5.02 Å². The zero-order valence-corrected chi connectivity index (χ0v) is 18.6. The number of hydrogen-bond donors (Lipinski definition) is 2. The van der Waals surface area contributed by atoms with E-state index in [-0.39, 0.29) is 18.2 Å². The number of benzene rings is 1. The molecule has 0 saturated carbocycles. The summed E-state index contributed by atoms with van der Waals surface area (Å²) in [5.74, 6) is 0.861. The van der Waals surface area contributed by atoms with Gasteiger partial charge in [-0.2, -0.15) is 0 Å². The second kappa shape index (κ2) is 10.9. The molecule has 1 fully saturated rings. The van der Waals surface area contributed by atoms with Crippen LogP contribution in [0.25, 0.3) is 0 Å². The molecule has 2 aromatic rings. The molecule has 0 aliphatic carbocycles. The van der Waals surface area contributed by atoms with Gasteiger partial charge in [0.25, 0.3) is 5.91 Å². The average Bonchev–Trinajstić information content (AvgIpc) is 3.30. The first-order chi connectivity index (χ1) is 15.0. The summed E-state index contributed by atoms with van der Waals surface area (Å²) in [4.78, 5) is 33.2. The Morgan fingerprint density at radius 2 is 1.90 bits per heavy atom. The molecule has 166 valence electrons. The molecule has 1 aromatic carbocycles. The second-order valence-corrected chi connectivity index (χ2v) is 7.68. The van der Waals surface area contributed by atoms with Crippen molar-refractivity contribution in [2.75, 3.05) is 44.6 Å². The summed E-state index contributed by atoms with van der Waals surface area (Å²) in [5.41, 5.74) is 1.64. The normalized spacial score (nSPS) is 14.5. The molecule has 8 nitrogen and oxygen atoms in total. The maximum absolute atomic E-state index is 12.4. The van der Waals surface area contributed by atoms with Gasteiger partial charge >= 0.3 is 0 Å². The highest BCUT2D eigenvalue weighted by Crippen LogP contribution is 2.22. The van der Waals surface area contributed by atoms with Gasteiger partial charge in [-0.25, -0.2) is 0 Å². The number of halogens is 1. The molecule has 0 radical (unpaired) electrons. The first-order valence-corrected chi connectivity index (χ1v) is 10.8. The molecular weight excluding hydrogens is 418 g/mol. The van der Waals surface area contributed by atoms with Gasteiger partial charge in [-0.1, -0.05) is 17.7 Å². The lowest BCUT2D eigenvalue weighted by Crippen LogP contribution is -2.53. The molecular formula is C22H28ClN5O3. The molecule has 0 atom stereocenters. The van der Waals surface area contributed by atoms with E-state index in [2.05, 4.69) is 20.5 Å². The molecule has 1 aliphatic rings. The first kappa shape index (κ1) is 22.7. The Morgan fingerprint density at radius 1 is 1.16 bits per heavy atom. The third-order valence-electron chi connectivity index (χ3n) is 4.93. The molecule has 2 heterocycles. The summed E-state index contributed by atoms with van der Waals surface area (Å²) >= 11 is 6.17. The standard InChI is InChI=1S/C22H28ClN5O3/c1-3-24-22(25-9-8-20(29)26-18-7-6-16(2)15-17(18)23)28-12-10-27(11-13-28)21(30)19-5-4-14-31-19/h4-7,14-15H,3,8-13H2,1-2H3,(H,24,25)(H,26,29). The summed E-state index contributed by atoms with van der Waals surface area (Å²) in [6.45, 7) is 7.48. The number of rotatable bonds is 6. The third-order valence-corrected chi connectivity index (χ3v) is 5.25. The number of guanidine groups is 1. The van der Waals surface area contributed by atoms with Crippen LogP contribution in [0.4, 0.5) is 5.69 Å². The van der Waals surface area contributed by atoms with E-state index in [0.717, 1.165) is 18.1 Å². The number of carbonyl (C=O) groups is 2. The van der Waals surface area contributed by atoms with Gasteiger partial charge < -0.3 is 24.9 Å². The molecule has 0 unspecified atom stereocenters. The minimum absolute atomic E-state index is 0.0990. The molecule has 2 N–H and O–H groups in total. The predicted molar refractivity (Wildman–Crippen MR) is 122 cm³/mol. The van der Waals surface area contributed by atoms with Crippen molar-refractivity contribution < 1.29 is 14.0 Å². The number of piperazine rings is 1. The molecule has 9 heteroatoms. The number of furan rings is 1. The average molecular weight is 446 g/mol. The molecule has 31 heavy (non-hydrogen) atoms. The Bertz CT molecular complexity index is 921. The van der Waals surface area contributed by atoms with E-state index in [0.29, 0.717) is 49.2 Å². The number of amides is 2. The number of nitrogens with one attached hydrogen (secondary N) is 2. The number of carbonyl (C=O) groups excluding carboxylic acids is 2. The lowest BCUT2D eigenvalue weighted by molar-refractivity contribution is -0.116. The van der Waals surface area contributed by atoms with Crippen LogP contribution in [0.15, 0.2) is 46.0 Å². The van der Waals surface area contributed by atoms with Crippen LogP contribution in [0.3, 0.4) is 0 Å². The van der Waals surface area contributed by atoms with Crippen molar-refractivity contribution in [2.45, 2.75) is 20.3 Å². The first-order valence-electron chi connectivity index (χ1n) is 10.4. The fourth-order valence-electron chi connectivity index (χ4n) is 3.30. The molecule has 1 aliphatic heterocycles. The van der Waals surface area contributed by atoms with Crippen molar-refractivity contribution in [1.29, 1.82) is 0 Å². The van der Waals surface area contributed by atoms with Crippen LogP contribution >= 0.6 is 11.6 Å². The van der Waals surface area contributed by atoms with Crippen molar-refractivity contribution in [2.24, 2.45) is 4.99 Å². The summed E-state index contributed by atoms with van der Waals surface area (Å²) in [6, 6.07) is 8.90. The van der Waals surface area contributed by atoms with E-state index < -0.39 is 0 Å². The number of nitrogens with zero attached hydrogens (tertiary/aromatic N) is 3. The number of hydrogen-bond acceptors (Lipinski definition) is 4. The zero-order chi connectivity index (χ0) is 22.2. The molecule has 0 bridgehead atoms. The van der Waals surface area contributed by atoms with Crippen LogP contribution < -0.4 is 10.6 Å². The second-order valence-electron chi connectivity index (χ2n) is 7.27. The van der Waals surface area contributed by atoms with E-state index in [1.54, 1.807) is 23.1 Å². The Balaban J connectivity index is 1.50. The SMILES string of the molecule is CCNC(=NCCC(=O)Nc1ccc(C)cc1Cl)N1CCN(C(=O)c2ccco2)CC1. The minimum Gasteiger partial charge on any atom is -0.459 e. The van der Waals surface area contributed by atoms with Crippen molar-refractivity contribution >= 4 is 35.1 Å². The predicted octanol–water partition coefficient (Wildman–Crippen LogP) is 2.99. The van der Waals surface area contributed by atoms with Gasteiger partial charge in [-0.15, -0.1) is 0 Å². The van der Waals surface area contributed by atoms with Crippen LogP contribution in [0.5, 0.6) is 0 Å². The van der Waals surface area contributed by atoms with Crippen LogP contribution in [0.1, 0.15) is 29.5 Å². The summed E-state index contributed by atoms with van der Waals surface area (Å²) in [5, 5.41) is 6.61. The molecule has 0 spiro atoms. The van der Waals surface area contributed by atoms with Crippen LogP contribution in [-0.2, 0) is 4.79 Å². The molecule has 2 amide bonds. The quantitative estimate of drug-likeness (QED) is 0.527. The van der Waals surface area contributed by atoms with Crippen molar-refractivity contribution in [3.63, 3.8) is 0 Å². The van der Waals surface area contributed by atoms with Gasteiger partial charge in [0, 0.05) is 39.1 Å². The largest absolute Gasteiger partial charge is 0.459 e. The highest BCUT2D eigenvalue weighted by Gasteiger charge is 2.25. The summed E-state index contributed by atoms with van der Waals surface area (Å²) < 4.78 is 5.21. The zero-order valence-electron chi connectivity index (χ0n) is 17.9. The summed E-state index contributed by atoms with van der Waals surface area (Å²) in [7, 11) is 0. The Kier molecular flexibility index (Phi) is 7.94. The highest BCUT2D eigenvalue weighted by atomic mass is 35.5. The van der Waals surface area contributed by atoms with Crippen LogP contribution in [0, 0.1) is 6.92 Å². The molecule has 1 saturated heterocycles. The number of anilines is 1. The van der Waals surface area contributed by atoms with Gasteiger partial charge in [0.1, 0.15) is 0 Å². The minimum atomic E-state index is -0.140. The Hall–Kier alpha value is -3.00. The third kappa shape index (κ3) is 6.24. The smallest absolute Gasteiger partial charge is 0.289 e. The maximum Gasteiger partial charge on any atom is 0.289 e. The highest BCUT2D eigenvalue weighted by molar-refractivity contribution is 6.33. The van der Waals surface area contributed by atoms with Gasteiger partial charge in [0.05, 0.1) is 23.5 Å². The van der Waals surface area contributed by atoms with E-state index >= 15 is 0 Å². The number of aliphatic imine (C=N–C) groups is 1. The van der Waals surface area contributed by atoms with Crippen LogP contribution in [-0.4, -0.2) is 66.8 Å². The van der Waals surface area contributed by atoms with E-state index in [1.165, 1.54) is 6.26 Å². The fourth-order valence-corrected chi connectivity index (χ4v) is 3.58. The summed E-state index contributed by atoms with van der Waals surface area (Å²) in [6.07, 6.45) is 1.75. The Morgan fingerprint density at radius 3 is 2.55 bits per heavy atom.